The lowest BCUT2D eigenvalue weighted by Gasteiger charge is -2.23. The Morgan fingerprint density at radius 2 is 1.88 bits per heavy atom. The molecule has 0 aromatic rings. The number of carbonyl (C=O) groups is 1. The van der Waals surface area contributed by atoms with Gasteiger partial charge in [0, 0.05) is 13.1 Å². The van der Waals surface area contributed by atoms with E-state index in [0.29, 0.717) is 5.91 Å². The van der Waals surface area contributed by atoms with Gasteiger partial charge in [-0.1, -0.05) is 0 Å². The Bertz CT molecular complexity index is 266. The first-order valence-corrected chi connectivity index (χ1v) is 7.33. The molecule has 2 aliphatic carbocycles. The molecule has 3 fully saturated rings. The summed E-state index contributed by atoms with van der Waals surface area (Å²) in [5, 5.41) is 6.53. The Kier molecular flexibility index (Phi) is 3.37. The predicted octanol–water partition coefficient (Wildman–Crippen LogP) is 1.54. The summed E-state index contributed by atoms with van der Waals surface area (Å²) in [5.74, 6) is 3.20. The molecule has 1 aliphatic heterocycles. The quantitative estimate of drug-likeness (QED) is 0.760. The van der Waals surface area contributed by atoms with Crippen LogP contribution < -0.4 is 10.6 Å². The van der Waals surface area contributed by atoms with Gasteiger partial charge < -0.3 is 10.6 Å². The van der Waals surface area contributed by atoms with E-state index in [1.165, 1.54) is 25.7 Å². The summed E-state index contributed by atoms with van der Waals surface area (Å²) in [6.45, 7) is 2.91. The third-order valence-corrected chi connectivity index (χ3v) is 4.63. The second-order valence-electron chi connectivity index (χ2n) is 6.13. The number of amides is 1. The minimum Gasteiger partial charge on any atom is -0.356 e. The maximum atomic E-state index is 12.0. The van der Waals surface area contributed by atoms with Crippen molar-refractivity contribution in [2.24, 2.45) is 23.7 Å². The largest absolute Gasteiger partial charge is 0.356 e. The monoisotopic (exact) mass is 236 g/mol. The van der Waals surface area contributed by atoms with Gasteiger partial charge in [-0.25, -0.2) is 0 Å². The van der Waals surface area contributed by atoms with E-state index in [2.05, 4.69) is 10.6 Å². The smallest absolute Gasteiger partial charge is 0.224 e. The maximum Gasteiger partial charge on any atom is 0.224 e. The first-order chi connectivity index (χ1) is 8.34. The lowest BCUT2D eigenvalue weighted by atomic mass is 9.96. The van der Waals surface area contributed by atoms with Crippen LogP contribution in [0.1, 0.15) is 38.5 Å². The summed E-state index contributed by atoms with van der Waals surface area (Å²) >= 11 is 0. The molecular formula is C14H24N2O. The summed E-state index contributed by atoms with van der Waals surface area (Å²) in [5.41, 5.74) is 0. The molecule has 1 heterocycles. The minimum atomic E-state index is 0.225. The fraction of sp³-hybridized carbons (Fsp3) is 0.929. The highest BCUT2D eigenvalue weighted by Crippen LogP contribution is 2.48. The molecule has 0 unspecified atom stereocenters. The molecule has 17 heavy (non-hydrogen) atoms. The molecule has 3 rings (SSSR count). The van der Waals surface area contributed by atoms with Crippen LogP contribution in [0.3, 0.4) is 0 Å². The van der Waals surface area contributed by atoms with E-state index >= 15 is 0 Å². The second-order valence-corrected chi connectivity index (χ2v) is 6.13. The van der Waals surface area contributed by atoms with Crippen LogP contribution in [-0.4, -0.2) is 25.5 Å². The zero-order valence-electron chi connectivity index (χ0n) is 10.6. The van der Waals surface area contributed by atoms with Gasteiger partial charge in [0.25, 0.3) is 0 Å². The van der Waals surface area contributed by atoms with Gasteiger partial charge in [0.2, 0.25) is 5.91 Å². The average molecular weight is 236 g/mol. The van der Waals surface area contributed by atoms with Gasteiger partial charge in [0.1, 0.15) is 0 Å². The van der Waals surface area contributed by atoms with Gasteiger partial charge >= 0.3 is 0 Å². The third kappa shape index (κ3) is 3.01. The first-order valence-electron chi connectivity index (χ1n) is 7.33. The number of hydrogen-bond acceptors (Lipinski definition) is 2. The lowest BCUT2D eigenvalue weighted by molar-refractivity contribution is -0.125. The predicted molar refractivity (Wildman–Crippen MR) is 67.5 cm³/mol. The van der Waals surface area contributed by atoms with Crippen molar-refractivity contribution < 1.29 is 4.79 Å². The summed E-state index contributed by atoms with van der Waals surface area (Å²) in [4.78, 5) is 12.0. The van der Waals surface area contributed by atoms with E-state index in [1.807, 2.05) is 0 Å². The van der Waals surface area contributed by atoms with Crippen LogP contribution in [0.4, 0.5) is 0 Å². The summed E-state index contributed by atoms with van der Waals surface area (Å²) < 4.78 is 0. The van der Waals surface area contributed by atoms with Crippen molar-refractivity contribution in [2.45, 2.75) is 38.5 Å². The lowest BCUT2D eigenvalue weighted by Crippen LogP contribution is -2.42. The third-order valence-electron chi connectivity index (χ3n) is 4.63. The fourth-order valence-corrected chi connectivity index (χ4v) is 3.21. The maximum absolute atomic E-state index is 12.0. The van der Waals surface area contributed by atoms with Gasteiger partial charge in [-0.15, -0.1) is 0 Å². The Morgan fingerprint density at radius 3 is 2.41 bits per heavy atom. The van der Waals surface area contributed by atoms with E-state index in [1.54, 1.807) is 0 Å². The number of rotatable bonds is 5. The fourth-order valence-electron chi connectivity index (χ4n) is 3.21. The summed E-state index contributed by atoms with van der Waals surface area (Å²) in [7, 11) is 0. The van der Waals surface area contributed by atoms with Gasteiger partial charge in [-0.05, 0) is 62.8 Å². The Balaban J connectivity index is 1.44. The summed E-state index contributed by atoms with van der Waals surface area (Å²) in [6.07, 6.45) is 7.83. The molecule has 0 aromatic heterocycles. The first kappa shape index (κ1) is 11.5. The molecule has 0 aromatic carbocycles. The molecule has 1 atom stereocenters. The van der Waals surface area contributed by atoms with Crippen LogP contribution in [0.25, 0.3) is 0 Å². The molecule has 3 heteroatoms. The van der Waals surface area contributed by atoms with Crippen LogP contribution in [0.5, 0.6) is 0 Å². The van der Waals surface area contributed by atoms with Gasteiger partial charge in [-0.3, -0.25) is 4.79 Å². The SMILES string of the molecule is O=C(NCC(C1CC1)C1CC1)[C@H]1CCCNC1. The van der Waals surface area contributed by atoms with Crippen LogP contribution in [0.2, 0.25) is 0 Å². The standard InChI is InChI=1S/C14H24N2O/c17-14(12-2-1-7-15-8-12)16-9-13(10-3-4-10)11-5-6-11/h10-13,15H,1-9H2,(H,16,17)/t12-/m0/s1. The molecule has 2 saturated carbocycles. The molecule has 0 spiro atoms. The molecule has 96 valence electrons. The molecule has 0 bridgehead atoms. The normalized spacial score (nSPS) is 29.4. The molecule has 2 N–H and O–H groups in total. The average Bonchev–Trinajstić information content (AvgIpc) is 3.24. The number of hydrogen-bond donors (Lipinski definition) is 2. The Hall–Kier alpha value is -0.570. The van der Waals surface area contributed by atoms with Gasteiger partial charge in [0.05, 0.1) is 5.92 Å². The van der Waals surface area contributed by atoms with E-state index in [-0.39, 0.29) is 5.92 Å². The molecule has 1 saturated heterocycles. The Labute approximate surface area is 104 Å². The highest BCUT2D eigenvalue weighted by Gasteiger charge is 2.41. The van der Waals surface area contributed by atoms with Crippen molar-refractivity contribution in [2.75, 3.05) is 19.6 Å². The van der Waals surface area contributed by atoms with Crippen LogP contribution >= 0.6 is 0 Å². The van der Waals surface area contributed by atoms with Gasteiger partial charge in [0.15, 0.2) is 0 Å². The van der Waals surface area contributed by atoms with E-state index in [4.69, 9.17) is 0 Å². The van der Waals surface area contributed by atoms with E-state index in [0.717, 1.165) is 50.2 Å². The highest BCUT2D eigenvalue weighted by molar-refractivity contribution is 5.78. The topological polar surface area (TPSA) is 41.1 Å². The molecular weight excluding hydrogens is 212 g/mol. The minimum absolute atomic E-state index is 0.225. The molecule has 1 amide bonds. The number of piperidine rings is 1. The van der Waals surface area contributed by atoms with Crippen LogP contribution in [0, 0.1) is 23.7 Å². The van der Waals surface area contributed by atoms with Crippen LogP contribution in [0.15, 0.2) is 0 Å². The molecule has 3 aliphatic rings. The number of carbonyl (C=O) groups excluding carboxylic acids is 1. The summed E-state index contributed by atoms with van der Waals surface area (Å²) in [6, 6.07) is 0. The Morgan fingerprint density at radius 1 is 1.18 bits per heavy atom. The highest BCUT2D eigenvalue weighted by atomic mass is 16.1. The van der Waals surface area contributed by atoms with Crippen molar-refractivity contribution in [3.63, 3.8) is 0 Å². The zero-order chi connectivity index (χ0) is 11.7. The van der Waals surface area contributed by atoms with Crippen molar-refractivity contribution >= 4 is 5.91 Å². The van der Waals surface area contributed by atoms with Crippen LogP contribution in [-0.2, 0) is 4.79 Å². The van der Waals surface area contributed by atoms with Crippen molar-refractivity contribution in [3.8, 4) is 0 Å². The van der Waals surface area contributed by atoms with Crippen molar-refractivity contribution in [3.05, 3.63) is 0 Å². The molecule has 3 nitrogen and oxygen atoms in total. The van der Waals surface area contributed by atoms with Gasteiger partial charge in [-0.2, -0.15) is 0 Å². The zero-order valence-corrected chi connectivity index (χ0v) is 10.6. The van der Waals surface area contributed by atoms with E-state index in [9.17, 15) is 4.79 Å². The second kappa shape index (κ2) is 4.97. The number of nitrogens with one attached hydrogen (secondary N) is 2. The van der Waals surface area contributed by atoms with E-state index < -0.39 is 0 Å². The van der Waals surface area contributed by atoms with Crippen molar-refractivity contribution in [1.82, 2.24) is 10.6 Å². The molecule has 0 radical (unpaired) electrons. The van der Waals surface area contributed by atoms with Crippen molar-refractivity contribution in [1.29, 1.82) is 0 Å².